The standard InChI is InChI=1S/C35H46O3/c1-5-7-8-9-13-28(4)37-33-25-21-32(22-26-33)35(36)38-34-23-19-31(20-24-34)30-17-15-29(16-18-30)14-11-10-12-27(3)6-2/h15-28H,5-14H2,1-4H3/t27?,28-/m1/s1. The van der Waals surface area contributed by atoms with Crippen molar-refractivity contribution in [2.24, 2.45) is 5.92 Å². The highest BCUT2D eigenvalue weighted by Gasteiger charge is 2.11. The van der Waals surface area contributed by atoms with Gasteiger partial charge < -0.3 is 9.47 Å². The highest BCUT2D eigenvalue weighted by Crippen LogP contribution is 2.25. The zero-order valence-electron chi connectivity index (χ0n) is 23.9. The molecule has 38 heavy (non-hydrogen) atoms. The van der Waals surface area contributed by atoms with E-state index in [1.165, 1.54) is 62.5 Å². The highest BCUT2D eigenvalue weighted by atomic mass is 16.5. The molecule has 0 fully saturated rings. The number of ether oxygens (including phenoxy) is 2. The van der Waals surface area contributed by atoms with E-state index in [0.29, 0.717) is 11.3 Å². The molecule has 0 bridgehead atoms. The van der Waals surface area contributed by atoms with E-state index in [0.717, 1.165) is 30.1 Å². The smallest absolute Gasteiger partial charge is 0.343 e. The average molecular weight is 515 g/mol. The van der Waals surface area contributed by atoms with Crippen LogP contribution < -0.4 is 9.47 Å². The van der Waals surface area contributed by atoms with E-state index in [1.807, 2.05) is 36.4 Å². The van der Waals surface area contributed by atoms with Gasteiger partial charge in [-0.25, -0.2) is 4.79 Å². The average Bonchev–Trinajstić information content (AvgIpc) is 2.94. The number of unbranched alkanes of at least 4 members (excludes halogenated alkanes) is 4. The maximum atomic E-state index is 12.6. The summed E-state index contributed by atoms with van der Waals surface area (Å²) in [5.74, 6) is 1.79. The monoisotopic (exact) mass is 514 g/mol. The number of aryl methyl sites for hydroxylation is 1. The summed E-state index contributed by atoms with van der Waals surface area (Å²) in [4.78, 5) is 12.6. The number of benzene rings is 3. The number of carbonyl (C=O) groups excluding carboxylic acids is 1. The van der Waals surface area contributed by atoms with Crippen LogP contribution in [-0.2, 0) is 6.42 Å². The van der Waals surface area contributed by atoms with Gasteiger partial charge in [-0.2, -0.15) is 0 Å². The molecule has 1 unspecified atom stereocenters. The number of hydrogen-bond acceptors (Lipinski definition) is 3. The van der Waals surface area contributed by atoms with Gasteiger partial charge in [-0.05, 0) is 91.6 Å². The molecule has 0 amide bonds. The molecule has 0 aliphatic carbocycles. The topological polar surface area (TPSA) is 35.5 Å². The van der Waals surface area contributed by atoms with Gasteiger partial charge in [0.15, 0.2) is 0 Å². The van der Waals surface area contributed by atoms with Gasteiger partial charge in [0.1, 0.15) is 11.5 Å². The molecule has 0 radical (unpaired) electrons. The van der Waals surface area contributed by atoms with Crippen LogP contribution in [0, 0.1) is 5.92 Å². The van der Waals surface area contributed by atoms with Crippen LogP contribution in [0.25, 0.3) is 11.1 Å². The predicted molar refractivity (Wildman–Crippen MR) is 159 cm³/mol. The van der Waals surface area contributed by atoms with Gasteiger partial charge in [-0.1, -0.05) is 95.7 Å². The zero-order valence-corrected chi connectivity index (χ0v) is 23.9. The molecule has 0 saturated carbocycles. The fraction of sp³-hybridized carbons (Fsp3) is 0.457. The second-order valence-corrected chi connectivity index (χ2v) is 10.7. The molecule has 0 N–H and O–H groups in total. The molecule has 0 aliphatic heterocycles. The second kappa shape index (κ2) is 16.0. The fourth-order valence-corrected chi connectivity index (χ4v) is 4.59. The third-order valence-electron chi connectivity index (χ3n) is 7.35. The molecule has 0 aliphatic rings. The molecule has 0 saturated heterocycles. The van der Waals surface area contributed by atoms with Crippen molar-refractivity contribution in [3.63, 3.8) is 0 Å². The van der Waals surface area contributed by atoms with Crippen molar-refractivity contribution in [3.8, 4) is 22.6 Å². The van der Waals surface area contributed by atoms with Crippen molar-refractivity contribution in [2.45, 2.75) is 98.0 Å². The molecule has 3 nitrogen and oxygen atoms in total. The Morgan fingerprint density at radius 2 is 1.29 bits per heavy atom. The molecule has 3 rings (SSSR count). The van der Waals surface area contributed by atoms with Crippen LogP contribution in [0.4, 0.5) is 0 Å². The Morgan fingerprint density at radius 3 is 1.92 bits per heavy atom. The third kappa shape index (κ3) is 10.0. The molecule has 0 aromatic heterocycles. The van der Waals surface area contributed by atoms with Gasteiger partial charge in [-0.3, -0.25) is 0 Å². The van der Waals surface area contributed by atoms with Crippen LogP contribution in [0.5, 0.6) is 11.5 Å². The Hall–Kier alpha value is -3.07. The molecule has 0 spiro atoms. The van der Waals surface area contributed by atoms with E-state index in [-0.39, 0.29) is 12.1 Å². The van der Waals surface area contributed by atoms with Gasteiger partial charge in [-0.15, -0.1) is 0 Å². The first-order chi connectivity index (χ1) is 18.5. The quantitative estimate of drug-likeness (QED) is 0.108. The first kappa shape index (κ1) is 29.5. The maximum Gasteiger partial charge on any atom is 0.343 e. The minimum atomic E-state index is -0.366. The van der Waals surface area contributed by atoms with Crippen LogP contribution in [0.15, 0.2) is 72.8 Å². The largest absolute Gasteiger partial charge is 0.491 e. The molecule has 3 heteroatoms. The molecular weight excluding hydrogens is 468 g/mol. The summed E-state index contributed by atoms with van der Waals surface area (Å²) in [5, 5.41) is 0. The summed E-state index contributed by atoms with van der Waals surface area (Å²) in [6.45, 7) is 8.93. The first-order valence-corrected chi connectivity index (χ1v) is 14.7. The lowest BCUT2D eigenvalue weighted by atomic mass is 9.98. The van der Waals surface area contributed by atoms with E-state index in [4.69, 9.17) is 9.47 Å². The number of esters is 1. The Morgan fingerprint density at radius 1 is 0.684 bits per heavy atom. The van der Waals surface area contributed by atoms with Crippen molar-refractivity contribution in [2.75, 3.05) is 0 Å². The van der Waals surface area contributed by atoms with Crippen LogP contribution in [0.3, 0.4) is 0 Å². The van der Waals surface area contributed by atoms with Gasteiger partial charge in [0.05, 0.1) is 11.7 Å². The predicted octanol–water partition coefficient (Wildman–Crippen LogP) is 10.1. The van der Waals surface area contributed by atoms with Crippen molar-refractivity contribution < 1.29 is 14.3 Å². The Balaban J connectivity index is 1.46. The van der Waals surface area contributed by atoms with Gasteiger partial charge in [0.2, 0.25) is 0 Å². The summed E-state index contributed by atoms with van der Waals surface area (Å²) in [6.07, 6.45) is 12.4. The van der Waals surface area contributed by atoms with E-state index < -0.39 is 0 Å². The molecule has 2 atom stereocenters. The summed E-state index contributed by atoms with van der Waals surface area (Å²) < 4.78 is 11.6. The normalized spacial score (nSPS) is 12.6. The van der Waals surface area contributed by atoms with Crippen LogP contribution >= 0.6 is 0 Å². The molecular formula is C35H46O3. The summed E-state index contributed by atoms with van der Waals surface area (Å²) in [6, 6.07) is 23.8. The first-order valence-electron chi connectivity index (χ1n) is 14.7. The van der Waals surface area contributed by atoms with Crippen LogP contribution in [-0.4, -0.2) is 12.1 Å². The van der Waals surface area contributed by atoms with Crippen molar-refractivity contribution in [1.29, 1.82) is 0 Å². The number of carbonyl (C=O) groups is 1. The van der Waals surface area contributed by atoms with E-state index in [1.54, 1.807) is 12.1 Å². The minimum Gasteiger partial charge on any atom is -0.491 e. The Labute approximate surface area is 230 Å². The van der Waals surface area contributed by atoms with E-state index >= 15 is 0 Å². The van der Waals surface area contributed by atoms with Crippen LogP contribution in [0.2, 0.25) is 0 Å². The Bertz CT molecular complexity index is 1070. The lowest BCUT2D eigenvalue weighted by Gasteiger charge is -2.14. The van der Waals surface area contributed by atoms with Gasteiger partial charge >= 0.3 is 5.97 Å². The van der Waals surface area contributed by atoms with Crippen molar-refractivity contribution >= 4 is 5.97 Å². The Kier molecular flexibility index (Phi) is 12.4. The molecule has 0 heterocycles. The maximum absolute atomic E-state index is 12.6. The lowest BCUT2D eigenvalue weighted by molar-refractivity contribution is 0.0734. The molecule has 3 aromatic rings. The molecule has 204 valence electrons. The minimum absolute atomic E-state index is 0.166. The fourth-order valence-electron chi connectivity index (χ4n) is 4.59. The summed E-state index contributed by atoms with van der Waals surface area (Å²) in [5.41, 5.74) is 4.18. The lowest BCUT2D eigenvalue weighted by Crippen LogP contribution is -2.12. The second-order valence-electron chi connectivity index (χ2n) is 10.7. The van der Waals surface area contributed by atoms with Crippen molar-refractivity contribution in [1.82, 2.24) is 0 Å². The highest BCUT2D eigenvalue weighted by molar-refractivity contribution is 5.91. The summed E-state index contributed by atoms with van der Waals surface area (Å²) in [7, 11) is 0. The SMILES string of the molecule is CCCCCC[C@@H](C)Oc1ccc(C(=O)Oc2ccc(-c3ccc(CCCCC(C)CC)cc3)cc2)cc1. The van der Waals surface area contributed by atoms with E-state index in [2.05, 4.69) is 52.0 Å². The number of rotatable bonds is 16. The zero-order chi connectivity index (χ0) is 27.2. The van der Waals surface area contributed by atoms with Gasteiger partial charge in [0, 0.05) is 0 Å². The number of hydrogen-bond donors (Lipinski definition) is 0. The summed E-state index contributed by atoms with van der Waals surface area (Å²) >= 11 is 0. The molecule has 3 aromatic carbocycles. The van der Waals surface area contributed by atoms with Crippen LogP contribution in [0.1, 0.15) is 101 Å². The van der Waals surface area contributed by atoms with Crippen molar-refractivity contribution in [3.05, 3.63) is 83.9 Å². The van der Waals surface area contributed by atoms with Gasteiger partial charge in [0.25, 0.3) is 0 Å². The third-order valence-corrected chi connectivity index (χ3v) is 7.35. The van der Waals surface area contributed by atoms with E-state index in [9.17, 15) is 4.79 Å².